The Labute approximate surface area is 94.9 Å². The third-order valence-corrected chi connectivity index (χ3v) is 5.04. The summed E-state index contributed by atoms with van der Waals surface area (Å²) in [5.74, 6) is 0.0845. The summed E-state index contributed by atoms with van der Waals surface area (Å²) < 4.78 is 0.261. The number of halogens is 1. The summed E-state index contributed by atoms with van der Waals surface area (Å²) in [7, 11) is 11.5. The van der Waals surface area contributed by atoms with Gasteiger partial charge in [0, 0.05) is 9.17 Å². The van der Waals surface area contributed by atoms with Crippen molar-refractivity contribution in [3.63, 3.8) is 0 Å². The van der Waals surface area contributed by atoms with Crippen LogP contribution in [0.4, 0.5) is 0 Å². The van der Waals surface area contributed by atoms with Gasteiger partial charge in [-0.15, -0.1) is 0 Å². The lowest BCUT2D eigenvalue weighted by Gasteiger charge is -2.42. The summed E-state index contributed by atoms with van der Waals surface area (Å²) in [5.41, 5.74) is 0. The minimum absolute atomic E-state index is 0.0500. The highest BCUT2D eigenvalue weighted by Gasteiger charge is 2.33. The lowest BCUT2D eigenvalue weighted by atomic mass is 9.78. The molecule has 0 bridgehead atoms. The Balaban J connectivity index is 2.63. The maximum absolute atomic E-state index is 5.86. The lowest BCUT2D eigenvalue weighted by molar-refractivity contribution is 0.366. The van der Waals surface area contributed by atoms with Crippen LogP contribution in [0, 0.1) is 0 Å². The zero-order chi connectivity index (χ0) is 8.59. The molecule has 0 N–H and O–H groups in total. The number of rotatable bonds is 0. The molecule has 0 aromatic heterocycles. The lowest BCUT2D eigenvalue weighted by Crippen LogP contribution is -2.49. The molecule has 4 unspecified atom stereocenters. The van der Waals surface area contributed by atoms with E-state index >= 15 is 0 Å². The molecule has 0 spiro atoms. The highest BCUT2D eigenvalue weighted by molar-refractivity contribution is 14.1. The molecule has 1 heterocycles. The molecule has 1 aliphatic heterocycles. The predicted octanol–water partition coefficient (Wildman–Crippen LogP) is 0.700. The molecule has 1 nitrogen and oxygen atoms in total. The van der Waals surface area contributed by atoms with Crippen molar-refractivity contribution in [2.45, 2.75) is 20.4 Å². The van der Waals surface area contributed by atoms with Crippen LogP contribution in [0.15, 0.2) is 0 Å². The smallest absolute Gasteiger partial charge is 0.184 e. The fourth-order valence-electron chi connectivity index (χ4n) is 1.04. The van der Waals surface area contributed by atoms with Gasteiger partial charge < -0.3 is 4.81 Å². The number of thiol groups is 2. The summed E-state index contributed by atoms with van der Waals surface area (Å²) >= 11 is 10.9. The number of nitrogens with zero attached hydrogens (tertiary/aromatic N) is 1. The Kier molecular flexibility index (Phi) is 4.00. The van der Waals surface area contributed by atoms with E-state index < -0.39 is 0 Å². The molecule has 11 heavy (non-hydrogen) atoms. The first-order valence-electron chi connectivity index (χ1n) is 3.31. The molecule has 4 atom stereocenters. The van der Waals surface area contributed by atoms with Crippen LogP contribution in [-0.4, -0.2) is 41.7 Å². The molecule has 0 aliphatic carbocycles. The van der Waals surface area contributed by atoms with E-state index in [0.29, 0.717) is 6.54 Å². The van der Waals surface area contributed by atoms with E-state index in [1.165, 1.54) is 0 Å². The van der Waals surface area contributed by atoms with Gasteiger partial charge in [-0.3, -0.25) is 0 Å². The monoisotopic (exact) mass is 295 g/mol. The van der Waals surface area contributed by atoms with Crippen LogP contribution in [0.1, 0.15) is 0 Å². The van der Waals surface area contributed by atoms with Gasteiger partial charge in [-0.25, -0.2) is 0 Å². The number of hydrogen-bond acceptors (Lipinski definition) is 3. The first-order chi connectivity index (χ1) is 5.04. The molecule has 0 aromatic rings. The quantitative estimate of drug-likeness (QED) is 0.288. The van der Waals surface area contributed by atoms with Crippen LogP contribution in [0.2, 0.25) is 5.82 Å². The molecule has 6 heteroatoms. The van der Waals surface area contributed by atoms with Gasteiger partial charge in [-0.1, -0.05) is 28.4 Å². The second kappa shape index (κ2) is 4.15. The Bertz CT molecular complexity index is 136. The predicted molar refractivity (Wildman–Crippen MR) is 65.3 cm³/mol. The van der Waals surface area contributed by atoms with Gasteiger partial charge in [0.25, 0.3) is 0 Å². The van der Waals surface area contributed by atoms with Crippen molar-refractivity contribution in [1.29, 1.82) is 0 Å². The van der Waals surface area contributed by atoms with Crippen LogP contribution < -0.4 is 0 Å². The maximum Gasteiger partial charge on any atom is 0.184 e. The van der Waals surface area contributed by atoms with Crippen LogP contribution in [0.3, 0.4) is 0 Å². The zero-order valence-electron chi connectivity index (χ0n) is 5.89. The van der Waals surface area contributed by atoms with E-state index in [-0.39, 0.29) is 20.4 Å². The van der Waals surface area contributed by atoms with Crippen molar-refractivity contribution in [2.75, 3.05) is 6.54 Å². The third-order valence-electron chi connectivity index (χ3n) is 1.83. The minimum atomic E-state index is 0.0500. The van der Waals surface area contributed by atoms with E-state index in [2.05, 4.69) is 47.8 Å². The third kappa shape index (κ3) is 2.25. The van der Waals surface area contributed by atoms with E-state index in [0.717, 1.165) is 0 Å². The van der Waals surface area contributed by atoms with Gasteiger partial charge >= 0.3 is 0 Å². The van der Waals surface area contributed by atoms with Crippen molar-refractivity contribution in [1.82, 2.24) is 4.81 Å². The number of alkyl halides is 1. The Hall–Kier alpha value is 1.52. The summed E-state index contributed by atoms with van der Waals surface area (Å²) in [4.78, 5) is 1.68. The standard InChI is InChI=1S/C5H8B2INS2/c6-3-2(10)1-9(7)5(11)4(3)8/h2-5,10-11H,1H2. The fraction of sp³-hybridized carbons (Fsp3) is 1.00. The molecule has 1 fully saturated rings. The summed E-state index contributed by atoms with van der Waals surface area (Å²) in [6.45, 7) is 0.706. The molecule has 1 saturated heterocycles. The van der Waals surface area contributed by atoms with Crippen molar-refractivity contribution < 1.29 is 0 Å². The van der Waals surface area contributed by atoms with E-state index in [9.17, 15) is 0 Å². The molecular weight excluding hydrogens is 287 g/mol. The topological polar surface area (TPSA) is 3.24 Å². The number of piperidine rings is 1. The molecule has 1 aliphatic rings. The van der Waals surface area contributed by atoms with Gasteiger partial charge in [0.05, 0.1) is 13.2 Å². The van der Waals surface area contributed by atoms with Crippen molar-refractivity contribution in [3.05, 3.63) is 0 Å². The molecule has 4 radical (unpaired) electrons. The van der Waals surface area contributed by atoms with Crippen molar-refractivity contribution in [3.8, 4) is 0 Å². The molecule has 0 aromatic carbocycles. The molecule has 0 saturated carbocycles. The highest BCUT2D eigenvalue weighted by Crippen LogP contribution is 2.34. The van der Waals surface area contributed by atoms with Gasteiger partial charge in [-0.05, 0) is 6.54 Å². The van der Waals surface area contributed by atoms with Gasteiger partial charge in [-0.2, -0.15) is 25.3 Å². The largest absolute Gasteiger partial charge is 0.341 e. The summed E-state index contributed by atoms with van der Waals surface area (Å²) in [5, 5.41) is 0.208. The van der Waals surface area contributed by atoms with E-state index in [1.807, 2.05) is 0 Å². The molecule has 1 rings (SSSR count). The number of hydrogen-bond donors (Lipinski definition) is 2. The Morgan fingerprint density at radius 3 is 2.55 bits per heavy atom. The highest BCUT2D eigenvalue weighted by atomic mass is 127. The van der Waals surface area contributed by atoms with Gasteiger partial charge in [0.1, 0.15) is 0 Å². The average Bonchev–Trinajstić information content (AvgIpc) is 1.97. The van der Waals surface area contributed by atoms with Crippen LogP contribution >= 0.6 is 47.8 Å². The van der Waals surface area contributed by atoms with Gasteiger partial charge in [0.2, 0.25) is 0 Å². The fourth-order valence-corrected chi connectivity index (χ4v) is 2.95. The summed E-state index contributed by atoms with van der Waals surface area (Å²) in [6.07, 6.45) is 0. The summed E-state index contributed by atoms with van der Waals surface area (Å²) in [6, 6.07) is 0. The van der Waals surface area contributed by atoms with Crippen LogP contribution in [0.25, 0.3) is 0 Å². The van der Waals surface area contributed by atoms with Crippen molar-refractivity contribution >= 4 is 63.7 Å². The Morgan fingerprint density at radius 2 is 2.00 bits per heavy atom. The Morgan fingerprint density at radius 1 is 1.45 bits per heavy atom. The molecule has 0 amide bonds. The van der Waals surface area contributed by atoms with Crippen LogP contribution in [-0.2, 0) is 0 Å². The second-order valence-electron chi connectivity index (χ2n) is 2.70. The molecular formula is C5H8B2INS2. The SMILES string of the molecule is [B]C1C(S)CN([B])C(S)C1I. The molecule has 58 valence electrons. The zero-order valence-corrected chi connectivity index (χ0v) is 9.84. The normalized spacial score (nSPS) is 47.5. The maximum atomic E-state index is 5.86. The first-order valence-corrected chi connectivity index (χ1v) is 5.59. The van der Waals surface area contributed by atoms with E-state index in [4.69, 9.17) is 15.8 Å². The van der Waals surface area contributed by atoms with Crippen molar-refractivity contribution in [2.24, 2.45) is 0 Å². The average molecular weight is 295 g/mol. The first kappa shape index (κ1) is 10.6. The van der Waals surface area contributed by atoms with Crippen LogP contribution in [0.5, 0.6) is 0 Å². The van der Waals surface area contributed by atoms with E-state index in [1.54, 1.807) is 4.81 Å². The van der Waals surface area contributed by atoms with Gasteiger partial charge in [0.15, 0.2) is 7.98 Å². The second-order valence-corrected chi connectivity index (χ2v) is 5.33. The minimum Gasteiger partial charge on any atom is -0.341 e.